The zero-order chi connectivity index (χ0) is 22.9. The number of hydrogen-bond donors (Lipinski definition) is 1. The maximum absolute atomic E-state index is 12.0. The Morgan fingerprint density at radius 2 is 1.69 bits per heavy atom. The van der Waals surface area contributed by atoms with Crippen LogP contribution in [0.1, 0.15) is 22.3 Å². The molecule has 6 heteroatoms. The monoisotopic (exact) mass is 449 g/mol. The number of ether oxygens (including phenoxy) is 2. The zero-order valence-corrected chi connectivity index (χ0v) is 18.7. The van der Waals surface area contributed by atoms with Crippen molar-refractivity contribution in [3.8, 4) is 5.75 Å². The Morgan fingerprint density at radius 1 is 0.969 bits per heavy atom. The van der Waals surface area contributed by atoms with Crippen LogP contribution >= 0.6 is 11.6 Å². The van der Waals surface area contributed by atoms with Crippen molar-refractivity contribution in [1.29, 1.82) is 0 Å². The van der Waals surface area contributed by atoms with Crippen molar-refractivity contribution in [1.82, 2.24) is 0 Å². The van der Waals surface area contributed by atoms with E-state index < -0.39 is 5.97 Å². The molecule has 0 heterocycles. The summed E-state index contributed by atoms with van der Waals surface area (Å²) in [5.74, 6) is -0.271. The second kappa shape index (κ2) is 11.2. The van der Waals surface area contributed by atoms with E-state index in [0.717, 1.165) is 22.3 Å². The third kappa shape index (κ3) is 7.29. The lowest BCUT2D eigenvalue weighted by Gasteiger charge is -2.09. The molecular weight excluding hydrogens is 426 g/mol. The molecule has 0 fully saturated rings. The number of amides is 1. The van der Waals surface area contributed by atoms with Gasteiger partial charge in [0.2, 0.25) is 0 Å². The fourth-order valence-electron chi connectivity index (χ4n) is 2.91. The largest absolute Gasteiger partial charge is 0.489 e. The van der Waals surface area contributed by atoms with Gasteiger partial charge < -0.3 is 14.8 Å². The molecule has 0 atom stereocenters. The third-order valence-corrected chi connectivity index (χ3v) is 4.86. The first-order chi connectivity index (χ1) is 15.4. The summed E-state index contributed by atoms with van der Waals surface area (Å²) < 4.78 is 10.7. The van der Waals surface area contributed by atoms with E-state index in [2.05, 4.69) is 5.32 Å². The maximum atomic E-state index is 12.0. The van der Waals surface area contributed by atoms with Gasteiger partial charge in [-0.2, -0.15) is 0 Å². The molecular formula is C26H24ClNO4. The smallest absolute Gasteiger partial charge is 0.331 e. The minimum atomic E-state index is -0.594. The molecule has 5 nitrogen and oxygen atoms in total. The van der Waals surface area contributed by atoms with Crippen molar-refractivity contribution < 1.29 is 19.1 Å². The first-order valence-corrected chi connectivity index (χ1v) is 10.5. The molecule has 0 spiro atoms. The molecule has 3 aromatic carbocycles. The average Bonchev–Trinajstić information content (AvgIpc) is 2.78. The number of halogens is 1. The van der Waals surface area contributed by atoms with Gasteiger partial charge in [0.05, 0.1) is 0 Å². The molecule has 0 unspecified atom stereocenters. The first kappa shape index (κ1) is 23.1. The number of esters is 1. The summed E-state index contributed by atoms with van der Waals surface area (Å²) in [6.07, 6.45) is 2.90. The van der Waals surface area contributed by atoms with E-state index in [1.807, 2.05) is 80.6 Å². The summed E-state index contributed by atoms with van der Waals surface area (Å²) in [4.78, 5) is 23.9. The number of hydrogen-bond acceptors (Lipinski definition) is 4. The summed E-state index contributed by atoms with van der Waals surface area (Å²) in [6, 6.07) is 20.5. The van der Waals surface area contributed by atoms with Gasteiger partial charge in [0.15, 0.2) is 6.61 Å². The fourth-order valence-corrected chi connectivity index (χ4v) is 3.04. The Morgan fingerprint density at radius 3 is 2.38 bits per heavy atom. The summed E-state index contributed by atoms with van der Waals surface area (Å²) >= 11 is 5.88. The minimum absolute atomic E-state index is 0.353. The van der Waals surface area contributed by atoms with Crippen LogP contribution in [-0.2, 0) is 20.9 Å². The van der Waals surface area contributed by atoms with Crippen molar-refractivity contribution in [2.24, 2.45) is 0 Å². The third-order valence-electron chi connectivity index (χ3n) is 4.61. The van der Waals surface area contributed by atoms with Crippen molar-refractivity contribution in [2.45, 2.75) is 20.5 Å². The van der Waals surface area contributed by atoms with E-state index >= 15 is 0 Å². The predicted octanol–water partition coefficient (Wildman–Crippen LogP) is 5.73. The highest BCUT2D eigenvalue weighted by molar-refractivity contribution is 6.30. The highest BCUT2D eigenvalue weighted by Gasteiger charge is 2.07. The van der Waals surface area contributed by atoms with Crippen molar-refractivity contribution >= 4 is 35.2 Å². The molecule has 0 aliphatic heterocycles. The molecule has 1 N–H and O–H groups in total. The maximum Gasteiger partial charge on any atom is 0.331 e. The van der Waals surface area contributed by atoms with Gasteiger partial charge in [0, 0.05) is 16.8 Å². The number of anilines is 1. The Hall–Kier alpha value is -3.57. The zero-order valence-electron chi connectivity index (χ0n) is 17.9. The summed E-state index contributed by atoms with van der Waals surface area (Å²) in [5, 5.41) is 3.42. The SMILES string of the molecule is Cc1ccc(NC(=O)COC(=O)C=Cc2ccc(OCc3ccc(Cl)cc3)cc2)c(C)c1. The lowest BCUT2D eigenvalue weighted by molar-refractivity contribution is -0.142. The lowest BCUT2D eigenvalue weighted by atomic mass is 10.1. The van der Waals surface area contributed by atoms with E-state index in [0.29, 0.717) is 23.1 Å². The standard InChI is InChI=1S/C26H24ClNO4/c1-18-3-13-24(19(2)15-18)28-25(29)17-32-26(30)14-8-20-6-11-23(12-7-20)31-16-21-4-9-22(27)10-5-21/h3-15H,16-17H2,1-2H3,(H,28,29). The highest BCUT2D eigenvalue weighted by atomic mass is 35.5. The fraction of sp³-hybridized carbons (Fsp3) is 0.154. The Kier molecular flexibility index (Phi) is 8.06. The Bertz CT molecular complexity index is 1110. The second-order valence-corrected chi connectivity index (χ2v) is 7.73. The van der Waals surface area contributed by atoms with Gasteiger partial charge in [-0.1, -0.05) is 53.6 Å². The molecule has 32 heavy (non-hydrogen) atoms. The van der Waals surface area contributed by atoms with Crippen LogP contribution in [0.4, 0.5) is 5.69 Å². The van der Waals surface area contributed by atoms with Crippen LogP contribution < -0.4 is 10.1 Å². The van der Waals surface area contributed by atoms with Gasteiger partial charge in [-0.15, -0.1) is 0 Å². The molecule has 1 amide bonds. The lowest BCUT2D eigenvalue weighted by Crippen LogP contribution is -2.20. The van der Waals surface area contributed by atoms with Crippen LogP contribution in [0.5, 0.6) is 5.75 Å². The summed E-state index contributed by atoms with van der Waals surface area (Å²) in [5.41, 5.74) is 4.58. The van der Waals surface area contributed by atoms with Crippen molar-refractivity contribution in [3.63, 3.8) is 0 Å². The van der Waals surface area contributed by atoms with E-state index in [1.165, 1.54) is 6.08 Å². The number of carbonyl (C=O) groups excluding carboxylic acids is 2. The molecule has 0 bridgehead atoms. The molecule has 0 saturated carbocycles. The topological polar surface area (TPSA) is 64.6 Å². The van der Waals surface area contributed by atoms with E-state index in [1.54, 1.807) is 6.08 Å². The van der Waals surface area contributed by atoms with E-state index in [-0.39, 0.29) is 12.5 Å². The number of nitrogens with one attached hydrogen (secondary N) is 1. The van der Waals surface area contributed by atoms with Gasteiger partial charge in [-0.3, -0.25) is 4.79 Å². The van der Waals surface area contributed by atoms with Crippen LogP contribution in [0.25, 0.3) is 6.08 Å². The second-order valence-electron chi connectivity index (χ2n) is 7.29. The van der Waals surface area contributed by atoms with Crippen LogP contribution in [-0.4, -0.2) is 18.5 Å². The average molecular weight is 450 g/mol. The molecule has 0 aliphatic rings. The number of rotatable bonds is 8. The summed E-state index contributed by atoms with van der Waals surface area (Å²) in [6.45, 7) is 3.97. The quantitative estimate of drug-likeness (QED) is 0.352. The molecule has 0 aromatic heterocycles. The van der Waals surface area contributed by atoms with Crippen molar-refractivity contribution in [3.05, 3.63) is 100 Å². The Balaban J connectivity index is 1.43. The minimum Gasteiger partial charge on any atom is -0.489 e. The van der Waals surface area contributed by atoms with E-state index in [9.17, 15) is 9.59 Å². The van der Waals surface area contributed by atoms with Gasteiger partial charge in [0.1, 0.15) is 12.4 Å². The van der Waals surface area contributed by atoms with Crippen LogP contribution in [0.2, 0.25) is 5.02 Å². The molecule has 0 saturated heterocycles. The van der Waals surface area contributed by atoms with Crippen LogP contribution in [0.3, 0.4) is 0 Å². The predicted molar refractivity (Wildman–Crippen MR) is 127 cm³/mol. The Labute approximate surface area is 192 Å². The van der Waals surface area contributed by atoms with Gasteiger partial charge >= 0.3 is 5.97 Å². The first-order valence-electron chi connectivity index (χ1n) is 10.1. The van der Waals surface area contributed by atoms with Crippen LogP contribution in [0.15, 0.2) is 72.8 Å². The molecule has 3 aromatic rings. The normalized spacial score (nSPS) is 10.7. The molecule has 3 rings (SSSR count). The van der Waals surface area contributed by atoms with Gasteiger partial charge in [-0.25, -0.2) is 4.79 Å². The van der Waals surface area contributed by atoms with Crippen LogP contribution in [0, 0.1) is 13.8 Å². The molecule has 0 aliphatic carbocycles. The van der Waals surface area contributed by atoms with Crippen molar-refractivity contribution in [2.75, 3.05) is 11.9 Å². The molecule has 0 radical (unpaired) electrons. The number of carbonyl (C=O) groups is 2. The van der Waals surface area contributed by atoms with Gasteiger partial charge in [-0.05, 0) is 66.9 Å². The number of aryl methyl sites for hydroxylation is 2. The number of benzene rings is 3. The summed E-state index contributed by atoms with van der Waals surface area (Å²) in [7, 11) is 0. The van der Waals surface area contributed by atoms with Gasteiger partial charge in [0.25, 0.3) is 5.91 Å². The molecule has 164 valence electrons. The van der Waals surface area contributed by atoms with E-state index in [4.69, 9.17) is 21.1 Å². The highest BCUT2D eigenvalue weighted by Crippen LogP contribution is 2.17.